The van der Waals surface area contributed by atoms with E-state index in [4.69, 9.17) is 18.5 Å². The predicted octanol–water partition coefficient (Wildman–Crippen LogP) is 17.1. The van der Waals surface area contributed by atoms with Gasteiger partial charge in [-0.25, -0.2) is 4.57 Å². The molecule has 0 radical (unpaired) electrons. The Morgan fingerprint density at radius 2 is 0.716 bits per heavy atom. The summed E-state index contributed by atoms with van der Waals surface area (Å²) in [6.45, 7) is 5.89. The molecule has 1 amide bonds. The van der Waals surface area contributed by atoms with E-state index in [1.165, 1.54) is 199 Å². The van der Waals surface area contributed by atoms with Gasteiger partial charge in [-0.3, -0.25) is 23.4 Å². The maximum Gasteiger partial charge on any atom is 0.472 e. The molecule has 0 aliphatic rings. The van der Waals surface area contributed by atoms with E-state index in [-0.39, 0.29) is 50.6 Å². The maximum atomic E-state index is 12.8. The van der Waals surface area contributed by atoms with Gasteiger partial charge in [0, 0.05) is 25.8 Å². The van der Waals surface area contributed by atoms with E-state index in [0.717, 1.165) is 57.8 Å². The molecule has 0 spiro atoms. The fourth-order valence-corrected chi connectivity index (χ4v) is 9.26. The van der Waals surface area contributed by atoms with Crippen LogP contribution in [-0.4, -0.2) is 55.2 Å². The molecule has 0 heterocycles. The van der Waals surface area contributed by atoms with Gasteiger partial charge in [-0.05, 0) is 19.3 Å². The molecule has 400 valence electrons. The Labute approximate surface area is 413 Å². The molecule has 67 heavy (non-hydrogen) atoms. The first-order valence-electron chi connectivity index (χ1n) is 28.5. The van der Waals surface area contributed by atoms with E-state index in [1.807, 2.05) is 0 Å². The fourth-order valence-electron chi connectivity index (χ4n) is 8.50. The van der Waals surface area contributed by atoms with Gasteiger partial charge >= 0.3 is 19.8 Å². The van der Waals surface area contributed by atoms with Crippen LogP contribution in [0.3, 0.4) is 0 Å². The standard InChI is InChI=1S/C55H108NO9P.H3N/c1-4-7-10-13-16-19-22-25-26-29-30-33-36-39-42-45-53(57)56-48-49-63-66(60,61)64-51-52(65-55(59)47-44-41-38-35-32-28-24-21-18-15-12-9-6-3)50-62-54(58)46-43-40-37-34-31-27-23-20-17-14-11-8-5-2;/h52H,4-51H2,1-3H3,(H,56,57)(H,60,61);1H3/t52-;/m1./s1. The molecule has 0 saturated heterocycles. The zero-order valence-corrected chi connectivity index (χ0v) is 45.3. The predicted molar refractivity (Wildman–Crippen MR) is 281 cm³/mol. The van der Waals surface area contributed by atoms with Crippen LogP contribution in [0, 0.1) is 0 Å². The summed E-state index contributed by atoms with van der Waals surface area (Å²) in [4.78, 5) is 48.1. The van der Waals surface area contributed by atoms with Crippen LogP contribution < -0.4 is 11.5 Å². The summed E-state index contributed by atoms with van der Waals surface area (Å²) in [5.74, 6) is -0.957. The van der Waals surface area contributed by atoms with Crippen molar-refractivity contribution in [3.05, 3.63) is 0 Å². The molecule has 1 unspecified atom stereocenters. The minimum absolute atomic E-state index is 0. The van der Waals surface area contributed by atoms with Gasteiger partial charge in [0.15, 0.2) is 6.10 Å². The minimum atomic E-state index is -4.53. The lowest BCUT2D eigenvalue weighted by Crippen LogP contribution is -2.30. The van der Waals surface area contributed by atoms with Crippen LogP contribution in [-0.2, 0) is 37.5 Å². The van der Waals surface area contributed by atoms with Crippen molar-refractivity contribution in [2.24, 2.45) is 0 Å². The average molecular weight is 975 g/mol. The summed E-state index contributed by atoms with van der Waals surface area (Å²) in [5.41, 5.74) is 0. The van der Waals surface area contributed by atoms with Gasteiger partial charge in [0.05, 0.1) is 13.2 Å². The highest BCUT2D eigenvalue weighted by molar-refractivity contribution is 7.47. The van der Waals surface area contributed by atoms with Gasteiger partial charge in [-0.1, -0.05) is 265 Å². The second kappa shape index (κ2) is 53.8. The van der Waals surface area contributed by atoms with E-state index in [1.54, 1.807) is 0 Å². The number of rotatable bonds is 54. The number of esters is 2. The van der Waals surface area contributed by atoms with E-state index in [0.29, 0.717) is 12.8 Å². The van der Waals surface area contributed by atoms with Crippen molar-refractivity contribution in [1.82, 2.24) is 11.5 Å². The van der Waals surface area contributed by atoms with Gasteiger partial charge < -0.3 is 25.8 Å². The van der Waals surface area contributed by atoms with Crippen LogP contribution in [0.15, 0.2) is 0 Å². The highest BCUT2D eigenvalue weighted by atomic mass is 31.2. The SMILES string of the molecule is CCCCCCCCCCCCCCCCCC(=O)NCCOP(=O)(O)OC[C@@H](COC(=O)CCCCCCCCCCCCCCC)OC(=O)CCCCCCCCCCCCCCC.N. The third-order valence-corrected chi connectivity index (χ3v) is 13.8. The summed E-state index contributed by atoms with van der Waals surface area (Å²) in [6, 6.07) is 0. The third-order valence-electron chi connectivity index (χ3n) is 12.8. The molecule has 12 heteroatoms. The van der Waals surface area contributed by atoms with Crippen molar-refractivity contribution in [3.8, 4) is 0 Å². The molecule has 2 atom stereocenters. The summed E-state index contributed by atoms with van der Waals surface area (Å²) in [6.07, 6.45) is 50.3. The second-order valence-corrected chi connectivity index (χ2v) is 20.9. The van der Waals surface area contributed by atoms with Crippen molar-refractivity contribution in [2.75, 3.05) is 26.4 Å². The summed E-state index contributed by atoms with van der Waals surface area (Å²) >= 11 is 0. The fraction of sp³-hybridized carbons (Fsp3) is 0.945. The number of hydrogen-bond donors (Lipinski definition) is 3. The molecular formula is C55H111N2O9P. The number of carbonyl (C=O) groups is 3. The summed E-state index contributed by atoms with van der Waals surface area (Å²) in [7, 11) is -4.53. The number of ether oxygens (including phenoxy) is 2. The lowest BCUT2D eigenvalue weighted by atomic mass is 10.0. The Bertz CT molecular complexity index is 1110. The average Bonchev–Trinajstić information content (AvgIpc) is 3.30. The molecule has 0 bridgehead atoms. The number of unbranched alkanes of at least 4 members (excludes halogenated alkanes) is 38. The van der Waals surface area contributed by atoms with Crippen molar-refractivity contribution in [2.45, 2.75) is 309 Å². The monoisotopic (exact) mass is 975 g/mol. The maximum absolute atomic E-state index is 12.8. The highest BCUT2D eigenvalue weighted by Gasteiger charge is 2.26. The van der Waals surface area contributed by atoms with Crippen LogP contribution in [0.4, 0.5) is 0 Å². The number of carbonyl (C=O) groups excluding carboxylic acids is 3. The van der Waals surface area contributed by atoms with E-state index < -0.39 is 26.5 Å². The van der Waals surface area contributed by atoms with Crippen LogP contribution >= 0.6 is 7.82 Å². The van der Waals surface area contributed by atoms with Gasteiger partial charge in [-0.2, -0.15) is 0 Å². The molecular weight excluding hydrogens is 864 g/mol. The van der Waals surface area contributed by atoms with E-state index >= 15 is 0 Å². The first kappa shape index (κ1) is 67.6. The van der Waals surface area contributed by atoms with Crippen LogP contribution in [0.2, 0.25) is 0 Å². The van der Waals surface area contributed by atoms with Gasteiger partial charge in [0.25, 0.3) is 0 Å². The second-order valence-electron chi connectivity index (χ2n) is 19.4. The number of phosphoric ester groups is 1. The lowest BCUT2D eigenvalue weighted by molar-refractivity contribution is -0.161. The molecule has 0 saturated carbocycles. The number of nitrogens with one attached hydrogen (secondary N) is 1. The molecule has 0 aliphatic heterocycles. The van der Waals surface area contributed by atoms with Crippen LogP contribution in [0.1, 0.15) is 303 Å². The Balaban J connectivity index is 0. The zero-order valence-electron chi connectivity index (χ0n) is 44.4. The lowest BCUT2D eigenvalue weighted by Gasteiger charge is -2.20. The molecule has 0 fully saturated rings. The zero-order chi connectivity index (χ0) is 48.3. The van der Waals surface area contributed by atoms with Crippen LogP contribution in [0.25, 0.3) is 0 Å². The van der Waals surface area contributed by atoms with Crippen molar-refractivity contribution < 1.29 is 42.4 Å². The summed E-state index contributed by atoms with van der Waals surface area (Å²) < 4.78 is 34.1. The number of hydrogen-bond acceptors (Lipinski definition) is 9. The first-order chi connectivity index (χ1) is 32.2. The van der Waals surface area contributed by atoms with Crippen molar-refractivity contribution >= 4 is 25.7 Å². The smallest absolute Gasteiger partial charge is 0.462 e. The molecule has 0 aliphatic carbocycles. The van der Waals surface area contributed by atoms with Crippen molar-refractivity contribution in [1.29, 1.82) is 0 Å². The largest absolute Gasteiger partial charge is 0.472 e. The minimum Gasteiger partial charge on any atom is -0.462 e. The van der Waals surface area contributed by atoms with E-state index in [2.05, 4.69) is 26.1 Å². The molecule has 0 aromatic heterocycles. The topological polar surface area (TPSA) is 172 Å². The number of phosphoric acid groups is 1. The third kappa shape index (κ3) is 53.7. The molecule has 11 nitrogen and oxygen atoms in total. The molecule has 0 aromatic carbocycles. The normalized spacial score (nSPS) is 12.7. The molecule has 0 aromatic rings. The molecule has 0 rings (SSSR count). The van der Waals surface area contributed by atoms with Crippen LogP contribution in [0.5, 0.6) is 0 Å². The quantitative estimate of drug-likeness (QED) is 0.0302. The first-order valence-corrected chi connectivity index (χ1v) is 30.0. The Morgan fingerprint density at radius 3 is 1.06 bits per heavy atom. The summed E-state index contributed by atoms with van der Waals surface area (Å²) in [5, 5.41) is 2.75. The van der Waals surface area contributed by atoms with Gasteiger partial charge in [0.1, 0.15) is 6.61 Å². The Morgan fingerprint density at radius 1 is 0.418 bits per heavy atom. The molecule has 5 N–H and O–H groups in total. The van der Waals surface area contributed by atoms with Crippen molar-refractivity contribution in [3.63, 3.8) is 0 Å². The Hall–Kier alpha value is -1.52. The highest BCUT2D eigenvalue weighted by Crippen LogP contribution is 2.43. The Kier molecular flexibility index (Phi) is 54.3. The number of amides is 1. The van der Waals surface area contributed by atoms with Gasteiger partial charge in [-0.15, -0.1) is 0 Å². The van der Waals surface area contributed by atoms with E-state index in [9.17, 15) is 23.8 Å². The van der Waals surface area contributed by atoms with Gasteiger partial charge in [0.2, 0.25) is 5.91 Å².